The number of fused-ring (bicyclic) bond motifs is 1. The van der Waals surface area contributed by atoms with E-state index in [0.29, 0.717) is 42.7 Å². The highest BCUT2D eigenvalue weighted by Gasteiger charge is 2.37. The number of para-hydroxylation sites is 1. The molecule has 1 fully saturated rings. The van der Waals surface area contributed by atoms with E-state index >= 15 is 0 Å². The van der Waals surface area contributed by atoms with E-state index in [1.165, 1.54) is 17.2 Å². The Hall–Kier alpha value is -2.35. The highest BCUT2D eigenvalue weighted by molar-refractivity contribution is 7.96. The molecule has 0 bridgehead atoms. The third-order valence-corrected chi connectivity index (χ3v) is 6.60. The van der Waals surface area contributed by atoms with E-state index in [0.717, 1.165) is 0 Å². The fraction of sp³-hybridized carbons (Fsp3) is 0.211. The van der Waals surface area contributed by atoms with Crippen LogP contribution in [0.5, 0.6) is 0 Å². The molecule has 0 aromatic heterocycles. The predicted octanol–water partition coefficient (Wildman–Crippen LogP) is 2.97. The molecule has 2 aromatic carbocycles. The first-order valence-corrected chi connectivity index (χ1v) is 10.3. The van der Waals surface area contributed by atoms with Crippen molar-refractivity contribution in [1.82, 2.24) is 4.90 Å². The number of carbonyl (C=O) groups excluding carboxylic acids is 1. The summed E-state index contributed by atoms with van der Waals surface area (Å²) in [6.07, 6.45) is 1.40. The minimum Gasteiger partial charge on any atom is -0.378 e. The average Bonchev–Trinajstić information content (AvgIpc) is 2.69. The lowest BCUT2D eigenvalue weighted by Crippen LogP contribution is -2.43. The van der Waals surface area contributed by atoms with Crippen molar-refractivity contribution in [3.8, 4) is 0 Å². The Morgan fingerprint density at radius 2 is 1.67 bits per heavy atom. The summed E-state index contributed by atoms with van der Waals surface area (Å²) in [7, 11) is -3.92. The molecule has 2 aliphatic heterocycles. The van der Waals surface area contributed by atoms with E-state index in [2.05, 4.69) is 0 Å². The third kappa shape index (κ3) is 3.22. The molecule has 27 heavy (non-hydrogen) atoms. The van der Waals surface area contributed by atoms with Gasteiger partial charge in [0.05, 0.1) is 23.8 Å². The van der Waals surface area contributed by atoms with Crippen molar-refractivity contribution in [2.24, 2.45) is 0 Å². The van der Waals surface area contributed by atoms with E-state index in [-0.39, 0.29) is 9.80 Å². The molecule has 0 unspecified atom stereocenters. The summed E-state index contributed by atoms with van der Waals surface area (Å²) in [4.78, 5) is 16.1. The van der Waals surface area contributed by atoms with Crippen molar-refractivity contribution in [1.29, 1.82) is 0 Å². The summed E-state index contributed by atoms with van der Waals surface area (Å²) in [6, 6.07) is 13.7. The van der Waals surface area contributed by atoms with Crippen molar-refractivity contribution in [2.75, 3.05) is 31.2 Å². The molecular weight excluding hydrogens is 388 g/mol. The topological polar surface area (TPSA) is 66.9 Å². The lowest BCUT2D eigenvalue weighted by molar-refractivity contribution is -0.130. The molecule has 0 aliphatic carbocycles. The second kappa shape index (κ2) is 6.99. The smallest absolute Gasteiger partial charge is 0.267 e. The third-order valence-electron chi connectivity index (χ3n) is 4.56. The molecule has 140 valence electrons. The summed E-state index contributed by atoms with van der Waals surface area (Å²) in [6.45, 7) is 1.54. The van der Waals surface area contributed by atoms with E-state index < -0.39 is 15.7 Å². The number of ether oxygens (including phenoxy) is 1. The Morgan fingerprint density at radius 1 is 1.00 bits per heavy atom. The van der Waals surface area contributed by atoms with Crippen LogP contribution < -0.4 is 4.90 Å². The van der Waals surface area contributed by atoms with E-state index in [9.17, 15) is 13.2 Å². The van der Waals surface area contributed by atoms with Crippen LogP contribution in [0.1, 0.15) is 0 Å². The number of amides is 1. The monoisotopic (exact) mass is 404 g/mol. The van der Waals surface area contributed by atoms with Gasteiger partial charge in [0.25, 0.3) is 5.91 Å². The van der Waals surface area contributed by atoms with E-state index in [1.807, 2.05) is 0 Å². The summed E-state index contributed by atoms with van der Waals surface area (Å²) in [5, 5.41) is 0.574. The van der Waals surface area contributed by atoms with Gasteiger partial charge in [0, 0.05) is 30.0 Å². The Bertz CT molecular complexity index is 1010. The lowest BCUT2D eigenvalue weighted by atomic mass is 10.2. The Labute approximate surface area is 162 Å². The lowest BCUT2D eigenvalue weighted by Gasteiger charge is -2.32. The first-order valence-electron chi connectivity index (χ1n) is 8.46. The molecule has 0 spiro atoms. The summed E-state index contributed by atoms with van der Waals surface area (Å²) in [5.41, 5.74) is 1.22. The van der Waals surface area contributed by atoms with Gasteiger partial charge in [-0.25, -0.2) is 8.42 Å². The number of morpholine rings is 1. The maximum atomic E-state index is 13.1. The van der Waals surface area contributed by atoms with Gasteiger partial charge in [-0.2, -0.15) is 0 Å². The largest absolute Gasteiger partial charge is 0.378 e. The zero-order valence-electron chi connectivity index (χ0n) is 14.3. The van der Waals surface area contributed by atoms with E-state index in [1.54, 1.807) is 47.4 Å². The van der Waals surface area contributed by atoms with Crippen LogP contribution in [0, 0.1) is 0 Å². The van der Waals surface area contributed by atoms with Gasteiger partial charge in [0.15, 0.2) is 4.91 Å². The Balaban J connectivity index is 1.84. The number of rotatable bonds is 2. The molecule has 6 nitrogen and oxygen atoms in total. The van der Waals surface area contributed by atoms with Crippen molar-refractivity contribution in [3.63, 3.8) is 0 Å². The fourth-order valence-corrected chi connectivity index (χ4v) is 4.83. The molecule has 0 saturated carbocycles. The number of hydrogen-bond donors (Lipinski definition) is 0. The first kappa shape index (κ1) is 18.0. The minimum atomic E-state index is -3.92. The number of benzene rings is 2. The summed E-state index contributed by atoms with van der Waals surface area (Å²) >= 11 is 5.97. The van der Waals surface area contributed by atoms with Gasteiger partial charge in [0.2, 0.25) is 9.84 Å². The molecule has 2 aliphatic rings. The van der Waals surface area contributed by atoms with Gasteiger partial charge in [-0.05, 0) is 36.4 Å². The SMILES string of the molecule is O=C(C1=CN(c2ccc(Cl)cc2)c2ccccc2S1(=O)=O)N1CCOCC1. The van der Waals surface area contributed by atoms with Crippen LogP contribution in [0.25, 0.3) is 0 Å². The highest BCUT2D eigenvalue weighted by atomic mass is 35.5. The standard InChI is InChI=1S/C19H17ClN2O4S/c20-14-5-7-15(8-6-14)22-13-18(19(23)21-9-11-26-12-10-21)27(24,25)17-4-2-1-3-16(17)22/h1-8,13H,9-12H2. The maximum absolute atomic E-state index is 13.1. The zero-order chi connectivity index (χ0) is 19.0. The van der Waals surface area contributed by atoms with Crippen molar-refractivity contribution >= 4 is 38.7 Å². The van der Waals surface area contributed by atoms with Crippen LogP contribution in [0.4, 0.5) is 11.4 Å². The quantitative estimate of drug-likeness (QED) is 0.769. The summed E-state index contributed by atoms with van der Waals surface area (Å²) < 4.78 is 31.5. The van der Waals surface area contributed by atoms with Gasteiger partial charge < -0.3 is 14.5 Å². The minimum absolute atomic E-state index is 0.110. The molecule has 8 heteroatoms. The zero-order valence-corrected chi connectivity index (χ0v) is 15.9. The number of sulfone groups is 1. The van der Waals surface area contributed by atoms with E-state index in [4.69, 9.17) is 16.3 Å². The Morgan fingerprint density at radius 3 is 2.37 bits per heavy atom. The molecular formula is C19H17ClN2O4S. The first-order chi connectivity index (χ1) is 13.0. The second-order valence-corrected chi connectivity index (χ2v) is 8.54. The second-order valence-electron chi connectivity index (χ2n) is 6.22. The normalized spacial score (nSPS) is 18.6. The number of halogens is 1. The average molecular weight is 405 g/mol. The molecule has 0 radical (unpaired) electrons. The van der Waals surface area contributed by atoms with Crippen LogP contribution >= 0.6 is 11.6 Å². The van der Waals surface area contributed by atoms with Gasteiger partial charge >= 0.3 is 0 Å². The highest BCUT2D eigenvalue weighted by Crippen LogP contribution is 2.40. The van der Waals surface area contributed by atoms with Gasteiger partial charge in [-0.3, -0.25) is 4.79 Å². The molecule has 4 rings (SSSR count). The molecule has 1 amide bonds. The number of hydrogen-bond acceptors (Lipinski definition) is 5. The molecule has 1 saturated heterocycles. The van der Waals surface area contributed by atoms with Gasteiger partial charge in [-0.15, -0.1) is 0 Å². The molecule has 0 atom stereocenters. The molecule has 2 heterocycles. The maximum Gasteiger partial charge on any atom is 0.267 e. The van der Waals surface area contributed by atoms with Crippen LogP contribution in [-0.4, -0.2) is 45.5 Å². The number of nitrogens with zero attached hydrogens (tertiary/aromatic N) is 2. The van der Waals surface area contributed by atoms with Crippen molar-refractivity contribution in [2.45, 2.75) is 4.90 Å². The Kier molecular flexibility index (Phi) is 4.67. The molecule has 0 N–H and O–H groups in total. The molecule has 2 aromatic rings. The van der Waals surface area contributed by atoms with Crippen LogP contribution in [0.15, 0.2) is 64.5 Å². The van der Waals surface area contributed by atoms with Gasteiger partial charge in [0.1, 0.15) is 0 Å². The summed E-state index contributed by atoms with van der Waals surface area (Å²) in [5.74, 6) is -0.508. The van der Waals surface area contributed by atoms with Gasteiger partial charge in [-0.1, -0.05) is 23.7 Å². The van der Waals surface area contributed by atoms with Crippen LogP contribution in [0.3, 0.4) is 0 Å². The number of anilines is 2. The van der Waals surface area contributed by atoms with Crippen LogP contribution in [0.2, 0.25) is 5.02 Å². The predicted molar refractivity (Wildman–Crippen MR) is 103 cm³/mol. The number of carbonyl (C=O) groups is 1. The van der Waals surface area contributed by atoms with Crippen LogP contribution in [-0.2, 0) is 19.4 Å². The van der Waals surface area contributed by atoms with Crippen molar-refractivity contribution < 1.29 is 17.9 Å². The van der Waals surface area contributed by atoms with Crippen molar-refractivity contribution in [3.05, 3.63) is 64.7 Å². The fourth-order valence-electron chi connectivity index (χ4n) is 3.17.